The smallest absolute Gasteiger partial charge is 0.128 e. The summed E-state index contributed by atoms with van der Waals surface area (Å²) in [7, 11) is 1.72. The van der Waals surface area contributed by atoms with Crippen molar-refractivity contribution < 1.29 is 4.74 Å². The van der Waals surface area contributed by atoms with E-state index in [4.69, 9.17) is 4.74 Å². The minimum Gasteiger partial charge on any atom is -0.384 e. The molecule has 0 aliphatic carbocycles. The quantitative estimate of drug-likeness (QED) is 0.397. The van der Waals surface area contributed by atoms with Crippen molar-refractivity contribution in [2.24, 2.45) is 0 Å². The Labute approximate surface area is 132 Å². The first-order chi connectivity index (χ1) is 10.3. The zero-order valence-electron chi connectivity index (χ0n) is 12.0. The minimum atomic E-state index is 0.722. The van der Waals surface area contributed by atoms with E-state index in [0.29, 0.717) is 0 Å². The van der Waals surface area contributed by atoms with Crippen LogP contribution in [-0.4, -0.2) is 29.4 Å². The Hall–Kier alpha value is -1.43. The van der Waals surface area contributed by atoms with Gasteiger partial charge >= 0.3 is 0 Å². The highest BCUT2D eigenvalue weighted by atomic mass is 32.2. The number of thioether (sulfide) groups is 1. The molecule has 0 amide bonds. The molecular weight excluding hydrogens is 300 g/mol. The summed E-state index contributed by atoms with van der Waals surface area (Å²) in [4.78, 5) is 10.3. The van der Waals surface area contributed by atoms with Gasteiger partial charge in [-0.25, -0.2) is 9.97 Å². The maximum atomic E-state index is 5.14. The van der Waals surface area contributed by atoms with Gasteiger partial charge in [0.25, 0.3) is 0 Å². The molecule has 3 rings (SSSR count). The second-order valence-corrected chi connectivity index (χ2v) is 6.55. The molecule has 0 aliphatic heterocycles. The molecule has 21 heavy (non-hydrogen) atoms. The van der Waals surface area contributed by atoms with Gasteiger partial charge in [-0.1, -0.05) is 30.3 Å². The summed E-state index contributed by atoms with van der Waals surface area (Å²) in [5, 5.41) is 4.39. The highest BCUT2D eigenvalue weighted by Gasteiger charge is 2.14. The summed E-state index contributed by atoms with van der Waals surface area (Å²) in [6, 6.07) is 10.4. The average molecular weight is 316 g/mol. The van der Waals surface area contributed by atoms with Crippen molar-refractivity contribution in [3.63, 3.8) is 0 Å². The second-order valence-electron chi connectivity index (χ2n) is 4.61. The van der Waals surface area contributed by atoms with Gasteiger partial charge in [-0.3, -0.25) is 0 Å². The standard InChI is InChI=1S/C16H16N2OS2/c1-11-17-15(20-9-8-19-2)14-13(10-21-16(14)18-11)12-6-4-3-5-7-12/h3-7,10H,8-9H2,1-2H3. The van der Waals surface area contributed by atoms with Crippen molar-refractivity contribution in [1.82, 2.24) is 9.97 Å². The van der Waals surface area contributed by atoms with Gasteiger partial charge in [0.05, 0.1) is 12.0 Å². The third-order valence-corrected chi connectivity index (χ3v) is 4.94. The fraction of sp³-hybridized carbons (Fsp3) is 0.250. The third kappa shape index (κ3) is 3.10. The maximum absolute atomic E-state index is 5.14. The lowest BCUT2D eigenvalue weighted by Crippen LogP contribution is -1.95. The van der Waals surface area contributed by atoms with E-state index in [0.717, 1.165) is 33.4 Å². The van der Waals surface area contributed by atoms with E-state index >= 15 is 0 Å². The molecule has 0 bridgehead atoms. The van der Waals surface area contributed by atoms with E-state index in [2.05, 4.69) is 39.6 Å². The summed E-state index contributed by atoms with van der Waals surface area (Å²) < 4.78 is 5.14. The molecule has 0 N–H and O–H groups in total. The Balaban J connectivity index is 2.10. The second kappa shape index (κ2) is 6.56. The van der Waals surface area contributed by atoms with Gasteiger partial charge in [0.2, 0.25) is 0 Å². The Bertz CT molecular complexity index is 741. The van der Waals surface area contributed by atoms with E-state index < -0.39 is 0 Å². The van der Waals surface area contributed by atoms with Gasteiger partial charge in [0, 0.05) is 23.8 Å². The lowest BCUT2D eigenvalue weighted by atomic mass is 10.1. The van der Waals surface area contributed by atoms with Crippen molar-refractivity contribution in [3.8, 4) is 11.1 Å². The Morgan fingerprint density at radius 1 is 1.19 bits per heavy atom. The van der Waals surface area contributed by atoms with Gasteiger partial charge < -0.3 is 4.74 Å². The molecule has 0 atom stereocenters. The number of hydrogen-bond acceptors (Lipinski definition) is 5. The number of methoxy groups -OCH3 is 1. The number of hydrogen-bond donors (Lipinski definition) is 0. The number of rotatable bonds is 5. The first-order valence-electron chi connectivity index (χ1n) is 6.72. The molecule has 0 aliphatic rings. The molecule has 5 heteroatoms. The van der Waals surface area contributed by atoms with E-state index in [9.17, 15) is 0 Å². The SMILES string of the molecule is COCCSc1nc(C)nc2scc(-c3ccccc3)c12. The number of fused-ring (bicyclic) bond motifs is 1. The van der Waals surface area contributed by atoms with E-state index in [-0.39, 0.29) is 0 Å². The summed E-state index contributed by atoms with van der Waals surface area (Å²) in [6.07, 6.45) is 0. The Morgan fingerprint density at radius 3 is 2.76 bits per heavy atom. The predicted molar refractivity (Wildman–Crippen MR) is 90.2 cm³/mol. The molecule has 2 heterocycles. The van der Waals surface area contributed by atoms with Crippen LogP contribution in [0.3, 0.4) is 0 Å². The third-order valence-electron chi connectivity index (χ3n) is 3.12. The first kappa shape index (κ1) is 14.5. The van der Waals surface area contributed by atoms with Crippen molar-refractivity contribution in [2.75, 3.05) is 19.5 Å². The van der Waals surface area contributed by atoms with E-state index in [1.165, 1.54) is 11.1 Å². The number of benzene rings is 1. The van der Waals surface area contributed by atoms with Gasteiger partial charge in [0.15, 0.2) is 0 Å². The fourth-order valence-corrected chi connectivity index (χ4v) is 4.22. The van der Waals surface area contributed by atoms with Gasteiger partial charge in [-0.15, -0.1) is 23.1 Å². The number of ether oxygens (including phenoxy) is 1. The van der Waals surface area contributed by atoms with Crippen molar-refractivity contribution >= 4 is 33.3 Å². The van der Waals surface area contributed by atoms with Crippen LogP contribution in [-0.2, 0) is 4.74 Å². The monoisotopic (exact) mass is 316 g/mol. The minimum absolute atomic E-state index is 0.722. The van der Waals surface area contributed by atoms with Crippen LogP contribution in [0.25, 0.3) is 21.3 Å². The molecule has 0 unspecified atom stereocenters. The number of aryl methyl sites for hydroxylation is 1. The summed E-state index contributed by atoms with van der Waals surface area (Å²) in [5.41, 5.74) is 2.43. The van der Waals surface area contributed by atoms with Crippen LogP contribution in [0.1, 0.15) is 5.82 Å². The van der Waals surface area contributed by atoms with Crippen LogP contribution in [0.2, 0.25) is 0 Å². The number of nitrogens with zero attached hydrogens (tertiary/aromatic N) is 2. The summed E-state index contributed by atoms with van der Waals surface area (Å²) >= 11 is 3.41. The maximum Gasteiger partial charge on any atom is 0.128 e. The van der Waals surface area contributed by atoms with Gasteiger partial charge in [-0.05, 0) is 12.5 Å². The molecular formula is C16H16N2OS2. The molecule has 3 nitrogen and oxygen atoms in total. The average Bonchev–Trinajstić information content (AvgIpc) is 2.92. The van der Waals surface area contributed by atoms with Crippen LogP contribution in [0, 0.1) is 6.92 Å². The molecule has 0 fully saturated rings. The molecule has 0 saturated carbocycles. The fourth-order valence-electron chi connectivity index (χ4n) is 2.17. The molecule has 0 saturated heterocycles. The Morgan fingerprint density at radius 2 is 2.00 bits per heavy atom. The predicted octanol–water partition coefficient (Wildman–Crippen LogP) is 4.41. The number of thiophene rings is 1. The normalized spacial score (nSPS) is 11.1. The van der Waals surface area contributed by atoms with Crippen LogP contribution in [0.4, 0.5) is 0 Å². The van der Waals surface area contributed by atoms with Crippen LogP contribution < -0.4 is 0 Å². The zero-order chi connectivity index (χ0) is 14.7. The van der Waals surface area contributed by atoms with Crippen molar-refractivity contribution in [1.29, 1.82) is 0 Å². The van der Waals surface area contributed by atoms with Crippen molar-refractivity contribution in [2.45, 2.75) is 11.9 Å². The molecule has 2 aromatic heterocycles. The zero-order valence-corrected chi connectivity index (χ0v) is 13.6. The first-order valence-corrected chi connectivity index (χ1v) is 8.59. The summed E-state index contributed by atoms with van der Waals surface area (Å²) in [6.45, 7) is 2.67. The van der Waals surface area contributed by atoms with Crippen molar-refractivity contribution in [3.05, 3.63) is 41.5 Å². The van der Waals surface area contributed by atoms with E-state index in [1.807, 2.05) is 13.0 Å². The van der Waals surface area contributed by atoms with Gasteiger partial charge in [-0.2, -0.15) is 0 Å². The Kier molecular flexibility index (Phi) is 4.53. The molecule has 0 spiro atoms. The number of aromatic nitrogens is 2. The lowest BCUT2D eigenvalue weighted by molar-refractivity contribution is 0.218. The lowest BCUT2D eigenvalue weighted by Gasteiger charge is -2.06. The largest absolute Gasteiger partial charge is 0.384 e. The molecule has 0 radical (unpaired) electrons. The van der Waals surface area contributed by atoms with Crippen LogP contribution >= 0.6 is 23.1 Å². The van der Waals surface area contributed by atoms with Crippen LogP contribution in [0.5, 0.6) is 0 Å². The van der Waals surface area contributed by atoms with Gasteiger partial charge in [0.1, 0.15) is 15.7 Å². The topological polar surface area (TPSA) is 35.0 Å². The molecule has 1 aromatic carbocycles. The molecule has 108 valence electrons. The molecule has 3 aromatic rings. The van der Waals surface area contributed by atoms with E-state index in [1.54, 1.807) is 30.2 Å². The summed E-state index contributed by atoms with van der Waals surface area (Å²) in [5.74, 6) is 1.72. The highest BCUT2D eigenvalue weighted by molar-refractivity contribution is 7.99. The highest BCUT2D eigenvalue weighted by Crippen LogP contribution is 2.38. The van der Waals surface area contributed by atoms with Crippen LogP contribution in [0.15, 0.2) is 40.7 Å².